The monoisotopic (exact) mass is 235 g/mol. The van der Waals surface area contributed by atoms with Crippen LogP contribution in [-0.2, 0) is 6.42 Å². The lowest BCUT2D eigenvalue weighted by molar-refractivity contribution is 0.263. The van der Waals surface area contributed by atoms with Crippen molar-refractivity contribution in [2.45, 2.75) is 46.1 Å². The average Bonchev–Trinajstić information content (AvgIpc) is 2.22. The zero-order valence-electron chi connectivity index (χ0n) is 11.5. The fraction of sp³-hybridized carbons (Fsp3) is 0.600. The van der Waals surface area contributed by atoms with Crippen LogP contribution in [0.2, 0.25) is 0 Å². The highest BCUT2D eigenvalue weighted by Crippen LogP contribution is 2.23. The Labute approximate surface area is 105 Å². The maximum atomic E-state index is 9.38. The molecule has 0 fully saturated rings. The highest BCUT2D eigenvalue weighted by atomic mass is 16.3. The first-order chi connectivity index (χ1) is 7.93. The van der Waals surface area contributed by atoms with Crippen LogP contribution in [0.4, 0.5) is 0 Å². The maximum Gasteiger partial charge on any atom is 0.115 e. The summed E-state index contributed by atoms with van der Waals surface area (Å²) in [4.78, 5) is 0. The van der Waals surface area contributed by atoms with Crippen molar-refractivity contribution >= 4 is 0 Å². The second-order valence-corrected chi connectivity index (χ2v) is 5.77. The topological polar surface area (TPSA) is 32.3 Å². The summed E-state index contributed by atoms with van der Waals surface area (Å²) in [5.74, 6) is 0.364. The van der Waals surface area contributed by atoms with E-state index < -0.39 is 0 Å². The molecular formula is C15H25NO. The van der Waals surface area contributed by atoms with Crippen LogP contribution >= 0.6 is 0 Å². The van der Waals surface area contributed by atoms with Gasteiger partial charge in [0, 0.05) is 6.04 Å². The van der Waals surface area contributed by atoms with Crippen LogP contribution in [0, 0.1) is 5.41 Å². The molecule has 0 spiro atoms. The van der Waals surface area contributed by atoms with E-state index >= 15 is 0 Å². The molecule has 2 N–H and O–H groups in total. The Bertz CT molecular complexity index is 341. The Morgan fingerprint density at radius 2 is 2.00 bits per heavy atom. The van der Waals surface area contributed by atoms with Crippen molar-refractivity contribution < 1.29 is 5.11 Å². The number of nitrogens with one attached hydrogen (secondary N) is 1. The van der Waals surface area contributed by atoms with E-state index in [9.17, 15) is 5.11 Å². The van der Waals surface area contributed by atoms with Crippen molar-refractivity contribution in [1.82, 2.24) is 5.32 Å². The highest BCUT2D eigenvalue weighted by Gasteiger charge is 2.21. The molecule has 0 radical (unpaired) electrons. The van der Waals surface area contributed by atoms with Crippen LogP contribution < -0.4 is 5.32 Å². The van der Waals surface area contributed by atoms with E-state index in [-0.39, 0.29) is 0 Å². The number of hydrogen-bond donors (Lipinski definition) is 2. The number of benzene rings is 1. The highest BCUT2D eigenvalue weighted by molar-refractivity contribution is 5.27. The van der Waals surface area contributed by atoms with Gasteiger partial charge in [-0.3, -0.25) is 0 Å². The largest absolute Gasteiger partial charge is 0.508 e. The van der Waals surface area contributed by atoms with Gasteiger partial charge in [0.2, 0.25) is 0 Å². The van der Waals surface area contributed by atoms with E-state index in [1.54, 1.807) is 6.07 Å². The molecular weight excluding hydrogens is 210 g/mol. The number of aromatic hydroxyl groups is 1. The summed E-state index contributed by atoms with van der Waals surface area (Å²) >= 11 is 0. The van der Waals surface area contributed by atoms with E-state index in [2.05, 4.69) is 32.2 Å². The van der Waals surface area contributed by atoms with Crippen molar-refractivity contribution in [2.75, 3.05) is 7.05 Å². The summed E-state index contributed by atoms with van der Waals surface area (Å²) in [6, 6.07) is 8.09. The third kappa shape index (κ3) is 4.78. The van der Waals surface area contributed by atoms with Crippen molar-refractivity contribution in [3.63, 3.8) is 0 Å². The predicted octanol–water partition coefficient (Wildman–Crippen LogP) is 3.35. The summed E-state index contributed by atoms with van der Waals surface area (Å²) in [5.41, 5.74) is 1.52. The fourth-order valence-electron chi connectivity index (χ4n) is 2.23. The molecule has 2 heteroatoms. The lowest BCUT2D eigenvalue weighted by Crippen LogP contribution is -2.37. The van der Waals surface area contributed by atoms with Gasteiger partial charge in [-0.15, -0.1) is 0 Å². The quantitative estimate of drug-likeness (QED) is 0.820. The average molecular weight is 235 g/mol. The van der Waals surface area contributed by atoms with Crippen LogP contribution in [0.25, 0.3) is 0 Å². The molecule has 17 heavy (non-hydrogen) atoms. The molecule has 0 amide bonds. The molecule has 0 aliphatic rings. The fourth-order valence-corrected chi connectivity index (χ4v) is 2.23. The molecule has 96 valence electrons. The molecule has 1 unspecified atom stereocenters. The van der Waals surface area contributed by atoms with E-state index in [4.69, 9.17) is 0 Å². The molecule has 2 nitrogen and oxygen atoms in total. The second kappa shape index (κ2) is 6.06. The molecule has 1 atom stereocenters. The lowest BCUT2D eigenvalue weighted by atomic mass is 9.83. The molecule has 0 saturated heterocycles. The molecule has 0 aliphatic carbocycles. The predicted molar refractivity (Wildman–Crippen MR) is 73.3 cm³/mol. The molecule has 0 aliphatic heterocycles. The van der Waals surface area contributed by atoms with Gasteiger partial charge in [-0.05, 0) is 49.4 Å². The third-order valence-corrected chi connectivity index (χ3v) is 3.26. The lowest BCUT2D eigenvalue weighted by Gasteiger charge is -2.30. The minimum absolute atomic E-state index is 0.299. The van der Waals surface area contributed by atoms with Crippen molar-refractivity contribution in [3.05, 3.63) is 29.8 Å². The molecule has 1 aromatic carbocycles. The molecule has 0 heterocycles. The SMILES string of the molecule is CNC(CCCc1cccc(O)c1)C(C)(C)C. The van der Waals surface area contributed by atoms with Gasteiger partial charge in [0.05, 0.1) is 0 Å². The summed E-state index contributed by atoms with van der Waals surface area (Å²) in [6.07, 6.45) is 3.34. The van der Waals surface area contributed by atoms with E-state index in [1.807, 2.05) is 19.2 Å². The first kappa shape index (κ1) is 14.0. The Kier molecular flexibility index (Phi) is 5.01. The van der Waals surface area contributed by atoms with E-state index in [1.165, 1.54) is 5.56 Å². The van der Waals surface area contributed by atoms with E-state index in [0.717, 1.165) is 19.3 Å². The van der Waals surface area contributed by atoms with Gasteiger partial charge >= 0.3 is 0 Å². The normalized spacial score (nSPS) is 13.6. The number of phenols is 1. The first-order valence-electron chi connectivity index (χ1n) is 6.38. The van der Waals surface area contributed by atoms with Gasteiger partial charge in [0.25, 0.3) is 0 Å². The van der Waals surface area contributed by atoms with Crippen molar-refractivity contribution in [2.24, 2.45) is 5.41 Å². The number of phenolic OH excluding ortho intramolecular Hbond substituents is 1. The standard InChI is InChI=1S/C15H25NO/c1-15(2,3)14(16-4)10-6-8-12-7-5-9-13(17)11-12/h5,7,9,11,14,16-17H,6,8,10H2,1-4H3. The van der Waals surface area contributed by atoms with Gasteiger partial charge in [-0.25, -0.2) is 0 Å². The van der Waals surface area contributed by atoms with Crippen LogP contribution in [0.5, 0.6) is 5.75 Å². The molecule has 0 bridgehead atoms. The minimum atomic E-state index is 0.299. The Morgan fingerprint density at radius 1 is 1.29 bits per heavy atom. The molecule has 1 aromatic rings. The van der Waals surface area contributed by atoms with Gasteiger partial charge < -0.3 is 10.4 Å². The number of aryl methyl sites for hydroxylation is 1. The molecule has 0 saturated carbocycles. The Morgan fingerprint density at radius 3 is 2.53 bits per heavy atom. The maximum absolute atomic E-state index is 9.38. The Hall–Kier alpha value is -1.02. The smallest absolute Gasteiger partial charge is 0.115 e. The van der Waals surface area contributed by atoms with Crippen molar-refractivity contribution in [1.29, 1.82) is 0 Å². The van der Waals surface area contributed by atoms with Gasteiger partial charge in [-0.1, -0.05) is 32.9 Å². The second-order valence-electron chi connectivity index (χ2n) is 5.77. The summed E-state index contributed by atoms with van der Waals surface area (Å²) in [6.45, 7) is 6.80. The zero-order valence-corrected chi connectivity index (χ0v) is 11.5. The number of hydrogen-bond acceptors (Lipinski definition) is 2. The summed E-state index contributed by atoms with van der Waals surface area (Å²) in [5, 5.41) is 12.8. The molecule has 1 rings (SSSR count). The number of rotatable bonds is 5. The summed E-state index contributed by atoms with van der Waals surface area (Å²) in [7, 11) is 2.03. The zero-order chi connectivity index (χ0) is 12.9. The molecule has 0 aromatic heterocycles. The van der Waals surface area contributed by atoms with Crippen LogP contribution in [0.3, 0.4) is 0 Å². The Balaban J connectivity index is 2.42. The van der Waals surface area contributed by atoms with Crippen LogP contribution in [0.1, 0.15) is 39.2 Å². The van der Waals surface area contributed by atoms with Gasteiger partial charge in [0.15, 0.2) is 0 Å². The van der Waals surface area contributed by atoms with Gasteiger partial charge in [-0.2, -0.15) is 0 Å². The van der Waals surface area contributed by atoms with E-state index in [0.29, 0.717) is 17.2 Å². The van der Waals surface area contributed by atoms with Crippen molar-refractivity contribution in [3.8, 4) is 5.75 Å². The van der Waals surface area contributed by atoms with Gasteiger partial charge in [0.1, 0.15) is 5.75 Å². The minimum Gasteiger partial charge on any atom is -0.508 e. The summed E-state index contributed by atoms with van der Waals surface area (Å²) < 4.78 is 0. The third-order valence-electron chi connectivity index (χ3n) is 3.26. The first-order valence-corrected chi connectivity index (χ1v) is 6.38. The van der Waals surface area contributed by atoms with Crippen LogP contribution in [-0.4, -0.2) is 18.2 Å². The van der Waals surface area contributed by atoms with Crippen LogP contribution in [0.15, 0.2) is 24.3 Å².